The molecule has 0 saturated heterocycles. The molecule has 0 spiro atoms. The number of fused-ring (bicyclic) bond motifs is 3. The predicted octanol–water partition coefficient (Wildman–Crippen LogP) is 3.18. The third-order valence-electron chi connectivity index (χ3n) is 1.99. The summed E-state index contributed by atoms with van der Waals surface area (Å²) in [5, 5.41) is 1.87. The molecule has 2 nitrogen and oxygen atoms in total. The largest absolute Gasteiger partial charge is 0.464 e. The van der Waals surface area contributed by atoms with Gasteiger partial charge in [-0.2, -0.15) is 0 Å². The maximum absolute atomic E-state index is 7.35. The van der Waals surface area contributed by atoms with Gasteiger partial charge in [-0.15, -0.1) is 0 Å². The lowest BCUT2D eigenvalue weighted by Gasteiger charge is -1.88. The lowest BCUT2D eigenvalue weighted by Crippen LogP contribution is -1.64. The Bertz CT molecular complexity index is 577. The van der Waals surface area contributed by atoms with Crippen LogP contribution in [-0.2, 0) is 0 Å². The van der Waals surface area contributed by atoms with Gasteiger partial charge in [-0.3, -0.25) is 0 Å². The summed E-state index contributed by atoms with van der Waals surface area (Å²) in [4.78, 5) is 0. The average molecular weight is 159 g/mol. The van der Waals surface area contributed by atoms with Gasteiger partial charge in [-0.1, -0.05) is 0 Å². The van der Waals surface area contributed by atoms with Crippen LogP contribution in [0.4, 0.5) is 0 Å². The van der Waals surface area contributed by atoms with Crippen LogP contribution in [0.5, 0.6) is 0 Å². The SMILES string of the molecule is [2H]c1cc2ccc3occc3c2o1. The highest BCUT2D eigenvalue weighted by Gasteiger charge is 2.03. The van der Waals surface area contributed by atoms with Crippen LogP contribution < -0.4 is 0 Å². The van der Waals surface area contributed by atoms with Crippen LogP contribution >= 0.6 is 0 Å². The third kappa shape index (κ3) is 0.593. The molecule has 0 aliphatic carbocycles. The van der Waals surface area contributed by atoms with Crippen molar-refractivity contribution in [3.05, 3.63) is 36.8 Å². The fraction of sp³-hybridized carbons (Fsp3) is 0. The van der Waals surface area contributed by atoms with E-state index in [2.05, 4.69) is 0 Å². The van der Waals surface area contributed by atoms with E-state index >= 15 is 0 Å². The van der Waals surface area contributed by atoms with Crippen molar-refractivity contribution in [2.24, 2.45) is 0 Å². The predicted molar refractivity (Wildman–Crippen MR) is 46.0 cm³/mol. The normalized spacial score (nSPS) is 12.5. The lowest BCUT2D eigenvalue weighted by molar-refractivity contribution is 0.611. The zero-order valence-electron chi connectivity index (χ0n) is 7.20. The lowest BCUT2D eigenvalue weighted by atomic mass is 10.2. The Morgan fingerprint density at radius 3 is 3.08 bits per heavy atom. The van der Waals surface area contributed by atoms with Crippen molar-refractivity contribution >= 4 is 21.9 Å². The molecule has 1 aromatic carbocycles. The molecular weight excluding hydrogens is 152 g/mol. The summed E-state index contributed by atoms with van der Waals surface area (Å²) in [7, 11) is 0. The highest BCUT2D eigenvalue weighted by molar-refractivity contribution is 6.01. The van der Waals surface area contributed by atoms with Gasteiger partial charge >= 0.3 is 0 Å². The second-order valence-electron chi connectivity index (χ2n) is 2.68. The zero-order chi connectivity index (χ0) is 8.84. The van der Waals surface area contributed by atoms with Crippen LogP contribution in [0, 0.1) is 0 Å². The molecule has 2 heterocycles. The summed E-state index contributed by atoms with van der Waals surface area (Å²) in [5.41, 5.74) is 1.53. The molecule has 2 heteroatoms. The number of furan rings is 2. The van der Waals surface area contributed by atoms with Crippen LogP contribution in [-0.4, -0.2) is 0 Å². The first kappa shape index (κ1) is 5.04. The van der Waals surface area contributed by atoms with E-state index in [1.54, 1.807) is 12.3 Å². The Kier molecular flexibility index (Phi) is 0.803. The second kappa shape index (κ2) is 1.91. The summed E-state index contributed by atoms with van der Waals surface area (Å²) in [6.07, 6.45) is 1.81. The Morgan fingerprint density at radius 2 is 2.08 bits per heavy atom. The topological polar surface area (TPSA) is 26.3 Å². The summed E-state index contributed by atoms with van der Waals surface area (Å²) in [5.74, 6) is 0. The van der Waals surface area contributed by atoms with Crippen molar-refractivity contribution in [3.8, 4) is 0 Å². The van der Waals surface area contributed by atoms with E-state index in [9.17, 15) is 0 Å². The first-order valence-electron chi connectivity index (χ1n) is 4.21. The monoisotopic (exact) mass is 159 g/mol. The van der Waals surface area contributed by atoms with Crippen molar-refractivity contribution in [1.29, 1.82) is 0 Å². The summed E-state index contributed by atoms with van der Waals surface area (Å²) in [6, 6.07) is 7.32. The minimum absolute atomic E-state index is 0.184. The van der Waals surface area contributed by atoms with E-state index in [1.165, 1.54) is 0 Å². The van der Waals surface area contributed by atoms with Crippen molar-refractivity contribution < 1.29 is 10.2 Å². The van der Waals surface area contributed by atoms with Crippen molar-refractivity contribution in [3.63, 3.8) is 0 Å². The molecule has 0 amide bonds. The fourth-order valence-electron chi connectivity index (χ4n) is 1.41. The summed E-state index contributed by atoms with van der Waals surface area (Å²) >= 11 is 0. The molecule has 0 radical (unpaired) electrons. The van der Waals surface area contributed by atoms with Crippen LogP contribution in [0.2, 0.25) is 0 Å². The molecule has 3 aromatic rings. The van der Waals surface area contributed by atoms with Gasteiger partial charge in [0.1, 0.15) is 12.5 Å². The van der Waals surface area contributed by atoms with Gasteiger partial charge < -0.3 is 8.83 Å². The molecule has 0 unspecified atom stereocenters. The van der Waals surface area contributed by atoms with Crippen LogP contribution in [0.15, 0.2) is 45.6 Å². The van der Waals surface area contributed by atoms with Gasteiger partial charge in [0.15, 0.2) is 0 Å². The average Bonchev–Trinajstić information content (AvgIpc) is 2.65. The molecule has 0 saturated carbocycles. The highest BCUT2D eigenvalue weighted by atomic mass is 16.3. The maximum Gasteiger partial charge on any atom is 0.144 e. The first-order valence-corrected chi connectivity index (χ1v) is 3.71. The molecule has 0 atom stereocenters. The number of hydrogen-bond acceptors (Lipinski definition) is 2. The number of rotatable bonds is 0. The Labute approximate surface area is 69.8 Å². The molecule has 0 aliphatic rings. The number of hydrogen-bond donors (Lipinski definition) is 0. The van der Waals surface area contributed by atoms with E-state index < -0.39 is 0 Å². The van der Waals surface area contributed by atoms with Crippen molar-refractivity contribution in [2.75, 3.05) is 0 Å². The standard InChI is InChI=1S/C10H6O2/c1-2-9-8(4-6-11-9)10-7(1)3-5-12-10/h1-6H/i5D. The molecule has 3 rings (SSSR count). The molecular formula is C10H6O2. The molecule has 0 bridgehead atoms. The Balaban J connectivity index is 2.64. The second-order valence-corrected chi connectivity index (χ2v) is 2.68. The van der Waals surface area contributed by atoms with Gasteiger partial charge in [0, 0.05) is 5.39 Å². The molecule has 0 fully saturated rings. The van der Waals surface area contributed by atoms with Gasteiger partial charge in [0.2, 0.25) is 0 Å². The molecule has 12 heavy (non-hydrogen) atoms. The van der Waals surface area contributed by atoms with E-state index in [1.807, 2.05) is 18.2 Å². The Hall–Kier alpha value is -1.70. The molecule has 0 N–H and O–H groups in total. The minimum atomic E-state index is 0.184. The quantitative estimate of drug-likeness (QED) is 0.503. The third-order valence-corrected chi connectivity index (χ3v) is 1.99. The van der Waals surface area contributed by atoms with Crippen molar-refractivity contribution in [2.45, 2.75) is 0 Å². The summed E-state index contributed by atoms with van der Waals surface area (Å²) in [6.45, 7) is 0. The van der Waals surface area contributed by atoms with Gasteiger partial charge in [0.25, 0.3) is 0 Å². The van der Waals surface area contributed by atoms with E-state index in [4.69, 9.17) is 10.2 Å². The van der Waals surface area contributed by atoms with E-state index in [-0.39, 0.29) is 6.24 Å². The molecule has 0 aliphatic heterocycles. The zero-order valence-corrected chi connectivity index (χ0v) is 6.20. The fourth-order valence-corrected chi connectivity index (χ4v) is 1.41. The summed E-state index contributed by atoms with van der Waals surface area (Å²) < 4.78 is 17.8. The maximum atomic E-state index is 7.35. The Morgan fingerprint density at radius 1 is 1.08 bits per heavy atom. The minimum Gasteiger partial charge on any atom is -0.464 e. The van der Waals surface area contributed by atoms with Gasteiger partial charge in [0.05, 0.1) is 17.9 Å². The van der Waals surface area contributed by atoms with Gasteiger partial charge in [-0.25, -0.2) is 0 Å². The highest BCUT2D eigenvalue weighted by Crippen LogP contribution is 2.26. The molecule has 2 aromatic heterocycles. The number of benzene rings is 1. The smallest absolute Gasteiger partial charge is 0.144 e. The van der Waals surface area contributed by atoms with Gasteiger partial charge in [-0.05, 0) is 24.3 Å². The molecule has 58 valence electrons. The van der Waals surface area contributed by atoms with Crippen LogP contribution in [0.25, 0.3) is 21.9 Å². The van der Waals surface area contributed by atoms with Crippen LogP contribution in [0.3, 0.4) is 0 Å². The van der Waals surface area contributed by atoms with Crippen molar-refractivity contribution in [1.82, 2.24) is 0 Å². The van der Waals surface area contributed by atoms with Crippen LogP contribution in [0.1, 0.15) is 1.37 Å². The first-order chi connectivity index (χ1) is 6.34. The van der Waals surface area contributed by atoms with E-state index in [0.717, 1.165) is 21.9 Å². The van der Waals surface area contributed by atoms with E-state index in [0.29, 0.717) is 0 Å².